The summed E-state index contributed by atoms with van der Waals surface area (Å²) in [5.74, 6) is 0.870. The van der Waals surface area contributed by atoms with Crippen LogP contribution < -0.4 is 10.1 Å². The first-order valence-corrected chi connectivity index (χ1v) is 6.00. The van der Waals surface area contributed by atoms with Gasteiger partial charge in [0.25, 0.3) is 0 Å². The van der Waals surface area contributed by atoms with Gasteiger partial charge >= 0.3 is 0 Å². The second-order valence-electron chi connectivity index (χ2n) is 4.37. The van der Waals surface area contributed by atoms with Crippen LogP contribution in [0.1, 0.15) is 18.5 Å². The van der Waals surface area contributed by atoms with Gasteiger partial charge in [0, 0.05) is 30.4 Å². The summed E-state index contributed by atoms with van der Waals surface area (Å²) < 4.78 is 7.21. The summed E-state index contributed by atoms with van der Waals surface area (Å²) in [4.78, 5) is 0. The molecule has 0 spiro atoms. The first-order chi connectivity index (χ1) is 8.65. The van der Waals surface area contributed by atoms with Crippen molar-refractivity contribution >= 4 is 0 Å². The lowest BCUT2D eigenvalue weighted by Gasteiger charge is -2.14. The third-order valence-corrected chi connectivity index (χ3v) is 3.17. The Hall–Kier alpha value is -1.81. The molecule has 4 heteroatoms. The molecule has 1 unspecified atom stereocenters. The molecule has 0 bridgehead atoms. The summed E-state index contributed by atoms with van der Waals surface area (Å²) in [7, 11) is 5.56. The van der Waals surface area contributed by atoms with Crippen molar-refractivity contribution in [2.75, 3.05) is 14.2 Å². The van der Waals surface area contributed by atoms with Gasteiger partial charge in [-0.1, -0.05) is 6.07 Å². The van der Waals surface area contributed by atoms with Crippen molar-refractivity contribution in [1.82, 2.24) is 15.1 Å². The van der Waals surface area contributed by atoms with Crippen LogP contribution in [0.25, 0.3) is 11.1 Å². The summed E-state index contributed by atoms with van der Waals surface area (Å²) in [5, 5.41) is 7.45. The number of nitrogens with zero attached hydrogens (tertiary/aromatic N) is 2. The van der Waals surface area contributed by atoms with Gasteiger partial charge in [-0.05, 0) is 31.7 Å². The molecule has 1 atom stereocenters. The van der Waals surface area contributed by atoms with Gasteiger partial charge in [-0.25, -0.2) is 0 Å². The van der Waals surface area contributed by atoms with E-state index in [9.17, 15) is 0 Å². The minimum Gasteiger partial charge on any atom is -0.496 e. The maximum absolute atomic E-state index is 5.42. The molecule has 0 fully saturated rings. The molecule has 0 aliphatic carbocycles. The largest absolute Gasteiger partial charge is 0.496 e. The summed E-state index contributed by atoms with van der Waals surface area (Å²) in [6, 6.07) is 6.55. The highest BCUT2D eigenvalue weighted by molar-refractivity contribution is 5.70. The molecule has 0 saturated heterocycles. The van der Waals surface area contributed by atoms with Crippen LogP contribution in [0.15, 0.2) is 30.6 Å². The zero-order chi connectivity index (χ0) is 13.1. The zero-order valence-electron chi connectivity index (χ0n) is 11.3. The van der Waals surface area contributed by atoms with E-state index in [1.165, 1.54) is 5.56 Å². The molecule has 0 amide bonds. The number of ether oxygens (including phenoxy) is 1. The molecule has 4 nitrogen and oxygen atoms in total. The maximum Gasteiger partial charge on any atom is 0.126 e. The van der Waals surface area contributed by atoms with Crippen LogP contribution in [-0.2, 0) is 7.05 Å². The Balaban J connectivity index is 2.49. The monoisotopic (exact) mass is 245 g/mol. The Morgan fingerprint density at radius 1 is 1.39 bits per heavy atom. The highest BCUT2D eigenvalue weighted by Gasteiger charge is 2.11. The molecule has 18 heavy (non-hydrogen) atoms. The predicted molar refractivity (Wildman–Crippen MR) is 72.7 cm³/mol. The topological polar surface area (TPSA) is 39.1 Å². The summed E-state index contributed by atoms with van der Waals surface area (Å²) >= 11 is 0. The van der Waals surface area contributed by atoms with E-state index in [1.807, 2.05) is 32.6 Å². The quantitative estimate of drug-likeness (QED) is 0.899. The van der Waals surface area contributed by atoms with Crippen molar-refractivity contribution in [3.05, 3.63) is 36.2 Å². The van der Waals surface area contributed by atoms with Crippen molar-refractivity contribution in [2.24, 2.45) is 7.05 Å². The van der Waals surface area contributed by atoms with Crippen LogP contribution in [0.2, 0.25) is 0 Å². The molecule has 0 aliphatic rings. The lowest BCUT2D eigenvalue weighted by atomic mass is 10.0. The van der Waals surface area contributed by atoms with Crippen molar-refractivity contribution in [3.8, 4) is 16.9 Å². The Morgan fingerprint density at radius 2 is 2.17 bits per heavy atom. The van der Waals surface area contributed by atoms with Crippen LogP contribution in [0.3, 0.4) is 0 Å². The lowest BCUT2D eigenvalue weighted by Crippen LogP contribution is -2.12. The summed E-state index contributed by atoms with van der Waals surface area (Å²) in [6.45, 7) is 2.13. The number of rotatable bonds is 4. The minimum absolute atomic E-state index is 0.311. The fourth-order valence-corrected chi connectivity index (χ4v) is 1.95. The van der Waals surface area contributed by atoms with Crippen LogP contribution in [0, 0.1) is 0 Å². The SMILES string of the molecule is CNC(C)c1ccc(OC)c(-c2cnn(C)c2)c1. The Morgan fingerprint density at radius 3 is 2.72 bits per heavy atom. The molecule has 2 rings (SSSR count). The molecule has 1 heterocycles. The fraction of sp³-hybridized carbons (Fsp3) is 0.357. The molecule has 96 valence electrons. The number of aromatic nitrogens is 2. The van der Waals surface area contributed by atoms with E-state index in [-0.39, 0.29) is 0 Å². The van der Waals surface area contributed by atoms with Crippen molar-refractivity contribution in [2.45, 2.75) is 13.0 Å². The van der Waals surface area contributed by atoms with Gasteiger partial charge in [-0.15, -0.1) is 0 Å². The van der Waals surface area contributed by atoms with Crippen molar-refractivity contribution in [3.63, 3.8) is 0 Å². The number of hydrogen-bond donors (Lipinski definition) is 1. The highest BCUT2D eigenvalue weighted by Crippen LogP contribution is 2.32. The van der Waals surface area contributed by atoms with Gasteiger partial charge in [-0.2, -0.15) is 5.10 Å². The molecular formula is C14H19N3O. The average molecular weight is 245 g/mol. The van der Waals surface area contributed by atoms with E-state index < -0.39 is 0 Å². The van der Waals surface area contributed by atoms with Gasteiger partial charge in [0.15, 0.2) is 0 Å². The summed E-state index contributed by atoms with van der Waals surface area (Å²) in [5.41, 5.74) is 3.38. The summed E-state index contributed by atoms with van der Waals surface area (Å²) in [6.07, 6.45) is 3.84. The first-order valence-electron chi connectivity index (χ1n) is 6.00. The van der Waals surface area contributed by atoms with Gasteiger partial charge < -0.3 is 10.1 Å². The molecular weight excluding hydrogens is 226 g/mol. The van der Waals surface area contributed by atoms with Crippen LogP contribution in [-0.4, -0.2) is 23.9 Å². The van der Waals surface area contributed by atoms with E-state index in [0.717, 1.165) is 16.9 Å². The molecule has 0 saturated carbocycles. The predicted octanol–water partition coefficient (Wildman–Crippen LogP) is 2.38. The number of nitrogens with one attached hydrogen (secondary N) is 1. The number of methoxy groups -OCH3 is 1. The van der Waals surface area contributed by atoms with Gasteiger partial charge in [0.1, 0.15) is 5.75 Å². The average Bonchev–Trinajstić information content (AvgIpc) is 2.83. The number of aryl methyl sites for hydroxylation is 1. The normalized spacial score (nSPS) is 12.4. The zero-order valence-corrected chi connectivity index (χ0v) is 11.3. The number of hydrogen-bond acceptors (Lipinski definition) is 3. The van der Waals surface area contributed by atoms with E-state index in [0.29, 0.717) is 6.04 Å². The molecule has 2 aromatic rings. The molecule has 1 aromatic heterocycles. The van der Waals surface area contributed by atoms with E-state index in [1.54, 1.807) is 11.8 Å². The molecule has 0 aliphatic heterocycles. The maximum atomic E-state index is 5.42. The van der Waals surface area contributed by atoms with Gasteiger partial charge in [0.2, 0.25) is 0 Å². The second-order valence-corrected chi connectivity index (χ2v) is 4.37. The first kappa shape index (κ1) is 12.6. The third-order valence-electron chi connectivity index (χ3n) is 3.17. The van der Waals surface area contributed by atoms with Crippen LogP contribution in [0.5, 0.6) is 5.75 Å². The van der Waals surface area contributed by atoms with Crippen molar-refractivity contribution < 1.29 is 4.74 Å². The second kappa shape index (κ2) is 5.23. The van der Waals surface area contributed by atoms with E-state index in [2.05, 4.69) is 29.5 Å². The fourth-order valence-electron chi connectivity index (χ4n) is 1.95. The van der Waals surface area contributed by atoms with Gasteiger partial charge in [0.05, 0.1) is 13.3 Å². The molecule has 0 radical (unpaired) electrons. The minimum atomic E-state index is 0.311. The lowest BCUT2D eigenvalue weighted by molar-refractivity contribution is 0.416. The van der Waals surface area contributed by atoms with Crippen molar-refractivity contribution in [1.29, 1.82) is 0 Å². The van der Waals surface area contributed by atoms with Crippen LogP contribution in [0.4, 0.5) is 0 Å². The van der Waals surface area contributed by atoms with E-state index >= 15 is 0 Å². The molecule has 1 aromatic carbocycles. The highest BCUT2D eigenvalue weighted by atomic mass is 16.5. The molecule has 1 N–H and O–H groups in total. The Kier molecular flexibility index (Phi) is 3.67. The Bertz CT molecular complexity index is 534. The van der Waals surface area contributed by atoms with Gasteiger partial charge in [-0.3, -0.25) is 4.68 Å². The van der Waals surface area contributed by atoms with Crippen LogP contribution >= 0.6 is 0 Å². The third kappa shape index (κ3) is 2.38. The Labute approximate surface area is 108 Å². The van der Waals surface area contributed by atoms with E-state index in [4.69, 9.17) is 4.74 Å². The smallest absolute Gasteiger partial charge is 0.126 e. The number of benzene rings is 1. The standard InChI is InChI=1S/C14H19N3O/c1-10(15-2)11-5-6-14(18-4)13(7-11)12-8-16-17(3)9-12/h5-10,15H,1-4H3.